The van der Waals surface area contributed by atoms with E-state index in [4.69, 9.17) is 4.74 Å². The Balaban J connectivity index is 0.00000280. The number of fused-ring (bicyclic) bond motifs is 1. The molecule has 3 rings (SSSR count). The topological polar surface area (TPSA) is 16.4 Å². The summed E-state index contributed by atoms with van der Waals surface area (Å²) in [6, 6.07) is 14.9. The maximum Gasteiger partial charge on any atom is 0.266 e. The van der Waals surface area contributed by atoms with Gasteiger partial charge in [0.05, 0.1) is 7.11 Å². The van der Waals surface area contributed by atoms with E-state index in [-0.39, 0.29) is 24.0 Å². The highest BCUT2D eigenvalue weighted by molar-refractivity contribution is 14.1. The number of nitrogens with zero attached hydrogens (tertiary/aromatic N) is 2. The summed E-state index contributed by atoms with van der Waals surface area (Å²) < 4.78 is 10.5. The van der Waals surface area contributed by atoms with Gasteiger partial charge in [0.1, 0.15) is 4.70 Å². The van der Waals surface area contributed by atoms with Crippen LogP contribution in [-0.2, 0) is 6.54 Å². The molecule has 3 aromatic rings. The van der Waals surface area contributed by atoms with Crippen LogP contribution in [0.2, 0.25) is 0 Å². The number of para-hydroxylation sites is 1. The maximum absolute atomic E-state index is 5.64. The van der Waals surface area contributed by atoms with Crippen LogP contribution in [-0.4, -0.2) is 25.6 Å². The highest BCUT2D eigenvalue weighted by Crippen LogP contribution is 2.29. The number of benzene rings is 2. The third kappa shape index (κ3) is 5.60. The minimum atomic E-state index is 0. The molecule has 6 heteroatoms. The van der Waals surface area contributed by atoms with Crippen molar-refractivity contribution in [3.8, 4) is 5.75 Å². The van der Waals surface area contributed by atoms with Crippen LogP contribution in [0.25, 0.3) is 22.4 Å². The average molecular weight is 620 g/mol. The summed E-state index contributed by atoms with van der Waals surface area (Å²) in [5.74, 6) is 0.952. The normalized spacial score (nSPS) is 11.0. The fourth-order valence-electron chi connectivity index (χ4n) is 3.05. The Morgan fingerprint density at radius 2 is 1.82 bits per heavy atom. The van der Waals surface area contributed by atoms with E-state index in [9.17, 15) is 0 Å². The van der Waals surface area contributed by atoms with E-state index in [0.29, 0.717) is 0 Å². The van der Waals surface area contributed by atoms with E-state index in [2.05, 4.69) is 101 Å². The number of halogens is 2. The van der Waals surface area contributed by atoms with Crippen LogP contribution in [0.1, 0.15) is 23.4 Å². The molecule has 1 heterocycles. The van der Waals surface area contributed by atoms with Crippen molar-refractivity contribution >= 4 is 62.0 Å². The Morgan fingerprint density at radius 3 is 2.46 bits per heavy atom. The van der Waals surface area contributed by atoms with Gasteiger partial charge in [-0.05, 0) is 46.8 Å². The van der Waals surface area contributed by atoms with Gasteiger partial charge in [-0.2, -0.15) is 4.57 Å². The van der Waals surface area contributed by atoms with Gasteiger partial charge in [-0.1, -0.05) is 52.1 Å². The van der Waals surface area contributed by atoms with Crippen LogP contribution < -0.4 is 38.2 Å². The number of ether oxygens (including phenoxy) is 1. The van der Waals surface area contributed by atoms with Crippen molar-refractivity contribution < 1.29 is 33.3 Å². The van der Waals surface area contributed by atoms with Crippen molar-refractivity contribution in [2.75, 3.05) is 30.5 Å². The lowest BCUT2D eigenvalue weighted by atomic mass is 10.2. The fourth-order valence-corrected chi connectivity index (χ4v) is 4.70. The van der Waals surface area contributed by atoms with Crippen LogP contribution >= 0.6 is 33.9 Å². The number of aryl methyl sites for hydroxylation is 1. The number of hydrogen-bond donors (Lipinski definition) is 0. The summed E-state index contributed by atoms with van der Waals surface area (Å²) in [6.45, 7) is 1.02. The zero-order valence-corrected chi connectivity index (χ0v) is 21.6. The zero-order valence-electron chi connectivity index (χ0n) is 16.5. The number of aromatic nitrogens is 1. The average Bonchev–Trinajstić information content (AvgIpc) is 3.04. The molecule has 0 saturated carbocycles. The van der Waals surface area contributed by atoms with Crippen LogP contribution in [0.5, 0.6) is 5.75 Å². The van der Waals surface area contributed by atoms with Gasteiger partial charge < -0.3 is 33.6 Å². The van der Waals surface area contributed by atoms with Gasteiger partial charge in [-0.15, -0.1) is 0 Å². The standard InChI is InChI=1S/C22H26IN2OS.HI/c1-24(2)18-12-9-17(10-13-18)11-14-21-25(16-5-4-15-23)22-19(26-3)7-6-8-20(22)27-21;/h6-14H,4-5,15-16H2,1-3H3;1H/q+1;/p-1. The van der Waals surface area contributed by atoms with Gasteiger partial charge in [0.2, 0.25) is 0 Å². The fraction of sp³-hybridized carbons (Fsp3) is 0.318. The van der Waals surface area contributed by atoms with Crippen molar-refractivity contribution in [2.24, 2.45) is 0 Å². The van der Waals surface area contributed by atoms with Crippen LogP contribution in [0, 0.1) is 0 Å². The molecule has 0 fully saturated rings. The highest BCUT2D eigenvalue weighted by Gasteiger charge is 2.22. The molecule has 1 aromatic heterocycles. The first-order chi connectivity index (χ1) is 13.1. The Kier molecular flexibility index (Phi) is 9.49. The molecule has 0 N–H and O–H groups in total. The van der Waals surface area contributed by atoms with Gasteiger partial charge in [0.15, 0.2) is 12.3 Å². The predicted molar refractivity (Wildman–Crippen MR) is 126 cm³/mol. The van der Waals surface area contributed by atoms with Crippen molar-refractivity contribution in [3.63, 3.8) is 0 Å². The van der Waals surface area contributed by atoms with E-state index in [0.717, 1.165) is 12.3 Å². The maximum atomic E-state index is 5.64. The second-order valence-corrected chi connectivity index (χ2v) is 8.76. The van der Waals surface area contributed by atoms with Crippen molar-refractivity contribution in [2.45, 2.75) is 19.4 Å². The molecule has 0 amide bonds. The molecule has 0 aliphatic rings. The quantitative estimate of drug-likeness (QED) is 0.167. The summed E-state index contributed by atoms with van der Waals surface area (Å²) >= 11 is 4.28. The van der Waals surface area contributed by atoms with Gasteiger partial charge in [-0.3, -0.25) is 0 Å². The monoisotopic (exact) mass is 620 g/mol. The molecule has 0 aliphatic carbocycles. The van der Waals surface area contributed by atoms with Crippen molar-refractivity contribution in [1.29, 1.82) is 0 Å². The summed E-state index contributed by atoms with van der Waals surface area (Å²) in [5.41, 5.74) is 3.64. The Labute approximate surface area is 202 Å². The number of methoxy groups -OCH3 is 1. The molecular weight excluding hydrogens is 594 g/mol. The van der Waals surface area contributed by atoms with E-state index < -0.39 is 0 Å². The second-order valence-electron chi connectivity index (χ2n) is 6.61. The predicted octanol–water partition coefficient (Wildman–Crippen LogP) is 2.65. The smallest absolute Gasteiger partial charge is 0.266 e. The Hall–Kier alpha value is -0.870. The van der Waals surface area contributed by atoms with Gasteiger partial charge >= 0.3 is 0 Å². The number of hydrogen-bond acceptors (Lipinski definition) is 3. The molecule has 0 unspecified atom stereocenters. The van der Waals surface area contributed by atoms with Crippen LogP contribution in [0.3, 0.4) is 0 Å². The Bertz CT molecular complexity index is 920. The van der Waals surface area contributed by atoms with E-state index in [1.807, 2.05) is 11.3 Å². The van der Waals surface area contributed by atoms with Crippen molar-refractivity contribution in [3.05, 3.63) is 53.0 Å². The first kappa shape index (κ1) is 23.4. The molecular formula is C22H26I2N2OS. The first-order valence-corrected chi connectivity index (χ1v) is 11.5. The summed E-state index contributed by atoms with van der Waals surface area (Å²) in [4.78, 5) is 2.12. The molecule has 0 atom stereocenters. The van der Waals surface area contributed by atoms with E-state index >= 15 is 0 Å². The lowest BCUT2D eigenvalue weighted by Gasteiger charge is -2.11. The number of unbranched alkanes of at least 4 members (excludes halogenated alkanes) is 1. The molecule has 28 heavy (non-hydrogen) atoms. The van der Waals surface area contributed by atoms with Gasteiger partial charge in [-0.25, -0.2) is 0 Å². The lowest BCUT2D eigenvalue weighted by molar-refractivity contribution is -0.669. The molecule has 0 spiro atoms. The molecule has 0 bridgehead atoms. The summed E-state index contributed by atoms with van der Waals surface area (Å²) in [5, 5.41) is 1.26. The minimum Gasteiger partial charge on any atom is -1.00 e. The van der Waals surface area contributed by atoms with Gasteiger partial charge in [0.25, 0.3) is 10.5 Å². The highest BCUT2D eigenvalue weighted by atomic mass is 127. The molecule has 0 aliphatic heterocycles. The number of thiazole rings is 1. The number of rotatable bonds is 8. The minimum absolute atomic E-state index is 0. The SMILES string of the molecule is COc1cccc2sc(/C=C/c3ccc(N(C)C)cc3)[n+](CCCCI)c12.[I-]. The molecule has 2 aromatic carbocycles. The lowest BCUT2D eigenvalue weighted by Crippen LogP contribution is -3.00. The summed E-state index contributed by atoms with van der Waals surface area (Å²) in [7, 11) is 5.88. The van der Waals surface area contributed by atoms with E-state index in [1.54, 1.807) is 7.11 Å². The second kappa shape index (κ2) is 11.3. The third-order valence-corrected chi connectivity index (χ3v) is 6.40. The summed E-state index contributed by atoms with van der Waals surface area (Å²) in [6.07, 6.45) is 6.84. The molecule has 0 saturated heterocycles. The number of anilines is 1. The zero-order chi connectivity index (χ0) is 19.2. The molecule has 0 radical (unpaired) electrons. The molecule has 150 valence electrons. The first-order valence-electron chi connectivity index (χ1n) is 9.15. The largest absolute Gasteiger partial charge is 1.00 e. The Morgan fingerprint density at radius 1 is 1.07 bits per heavy atom. The van der Waals surface area contributed by atoms with Crippen LogP contribution in [0.4, 0.5) is 5.69 Å². The molecule has 3 nitrogen and oxygen atoms in total. The third-order valence-electron chi connectivity index (χ3n) is 4.53. The van der Waals surface area contributed by atoms with Crippen LogP contribution in [0.15, 0.2) is 42.5 Å². The number of alkyl halides is 1. The van der Waals surface area contributed by atoms with E-state index in [1.165, 1.54) is 43.7 Å². The van der Waals surface area contributed by atoms with Gasteiger partial charge in [0, 0.05) is 32.3 Å². The van der Waals surface area contributed by atoms with Crippen molar-refractivity contribution in [1.82, 2.24) is 0 Å².